The fourth-order valence-corrected chi connectivity index (χ4v) is 2.94. The maximum absolute atomic E-state index is 12.3. The number of halogens is 1. The molecule has 1 heterocycles. The smallest absolute Gasteiger partial charge is 0.344 e. The molecule has 3 aromatic rings. The predicted octanol–water partition coefficient (Wildman–Crippen LogP) is 4.93. The van der Waals surface area contributed by atoms with Crippen molar-refractivity contribution in [2.24, 2.45) is 0 Å². The van der Waals surface area contributed by atoms with E-state index in [1.807, 2.05) is 6.07 Å². The molecule has 23 heavy (non-hydrogen) atoms. The minimum absolute atomic E-state index is 0.0875. The van der Waals surface area contributed by atoms with Gasteiger partial charge >= 0.3 is 5.97 Å². The second-order valence-electron chi connectivity index (χ2n) is 5.12. The number of fused-ring (bicyclic) bond motifs is 1. The van der Waals surface area contributed by atoms with Gasteiger partial charge in [0, 0.05) is 9.86 Å². The lowest BCUT2D eigenvalue weighted by molar-refractivity contribution is 0.0734. The zero-order valence-corrected chi connectivity index (χ0v) is 14.1. The molecule has 0 spiro atoms. The van der Waals surface area contributed by atoms with Crippen molar-refractivity contribution in [1.29, 1.82) is 0 Å². The first-order chi connectivity index (χ1) is 11.0. The minimum Gasteiger partial charge on any atom is -0.461 e. The molecule has 0 saturated heterocycles. The normalized spacial score (nSPS) is 10.7. The Labute approximate surface area is 141 Å². The van der Waals surface area contributed by atoms with E-state index in [-0.39, 0.29) is 5.78 Å². The summed E-state index contributed by atoms with van der Waals surface area (Å²) in [5, 5.41) is 0.646. The van der Waals surface area contributed by atoms with E-state index in [0.717, 1.165) is 0 Å². The number of esters is 1. The summed E-state index contributed by atoms with van der Waals surface area (Å²) in [4.78, 5) is 24.0. The third-order valence-electron chi connectivity index (χ3n) is 3.49. The Balaban J connectivity index is 1.98. The molecule has 116 valence electrons. The molecule has 0 aliphatic rings. The third kappa shape index (κ3) is 2.92. The van der Waals surface area contributed by atoms with E-state index in [4.69, 9.17) is 9.15 Å². The van der Waals surface area contributed by atoms with Crippen LogP contribution in [0.1, 0.15) is 33.4 Å². The van der Waals surface area contributed by atoms with Crippen LogP contribution in [-0.4, -0.2) is 11.8 Å². The van der Waals surface area contributed by atoms with Gasteiger partial charge in [0.2, 0.25) is 0 Å². The van der Waals surface area contributed by atoms with E-state index in [1.54, 1.807) is 43.3 Å². The second-order valence-corrected chi connectivity index (χ2v) is 5.97. The highest BCUT2D eigenvalue weighted by Gasteiger charge is 2.17. The average molecular weight is 373 g/mol. The average Bonchev–Trinajstić information content (AvgIpc) is 2.82. The summed E-state index contributed by atoms with van der Waals surface area (Å²) in [5.74, 6) is 0.361. The molecular weight excluding hydrogens is 360 g/mol. The SMILES string of the molecule is CC(=O)c1c(C)oc2ccc(OC(=O)c3ccccc3Br)cc12. The van der Waals surface area contributed by atoms with E-state index in [2.05, 4.69) is 15.9 Å². The summed E-state index contributed by atoms with van der Waals surface area (Å²) in [6, 6.07) is 12.0. The van der Waals surface area contributed by atoms with Crippen LogP contribution in [0.5, 0.6) is 5.75 Å². The lowest BCUT2D eigenvalue weighted by Crippen LogP contribution is -2.09. The number of rotatable bonds is 3. The lowest BCUT2D eigenvalue weighted by Gasteiger charge is -2.06. The number of furan rings is 1. The van der Waals surface area contributed by atoms with E-state index < -0.39 is 5.97 Å². The van der Waals surface area contributed by atoms with Gasteiger partial charge in [0.05, 0.1) is 11.1 Å². The van der Waals surface area contributed by atoms with Gasteiger partial charge < -0.3 is 9.15 Å². The Kier molecular flexibility index (Phi) is 4.05. The first kappa shape index (κ1) is 15.5. The summed E-state index contributed by atoms with van der Waals surface area (Å²) in [5.41, 5.74) is 1.54. The Bertz CT molecular complexity index is 924. The monoisotopic (exact) mass is 372 g/mol. The highest BCUT2D eigenvalue weighted by molar-refractivity contribution is 9.10. The molecule has 0 aliphatic carbocycles. The van der Waals surface area contributed by atoms with Crippen molar-refractivity contribution in [2.75, 3.05) is 0 Å². The van der Waals surface area contributed by atoms with Gasteiger partial charge in [0.15, 0.2) is 5.78 Å². The molecule has 0 bridgehead atoms. The number of hydrogen-bond acceptors (Lipinski definition) is 4. The van der Waals surface area contributed by atoms with E-state index in [0.29, 0.717) is 38.1 Å². The Hall–Kier alpha value is -2.40. The van der Waals surface area contributed by atoms with Crippen molar-refractivity contribution in [3.63, 3.8) is 0 Å². The molecule has 0 amide bonds. The summed E-state index contributed by atoms with van der Waals surface area (Å²) < 4.78 is 11.6. The van der Waals surface area contributed by atoms with Crippen LogP contribution in [0.3, 0.4) is 0 Å². The predicted molar refractivity (Wildman–Crippen MR) is 90.1 cm³/mol. The molecule has 4 nitrogen and oxygen atoms in total. The zero-order valence-electron chi connectivity index (χ0n) is 12.6. The highest BCUT2D eigenvalue weighted by Crippen LogP contribution is 2.30. The number of ketones is 1. The number of benzene rings is 2. The first-order valence-electron chi connectivity index (χ1n) is 6.98. The van der Waals surface area contributed by atoms with Crippen molar-refractivity contribution in [2.45, 2.75) is 13.8 Å². The van der Waals surface area contributed by atoms with Crippen LogP contribution in [0.25, 0.3) is 11.0 Å². The van der Waals surface area contributed by atoms with Crippen LogP contribution in [0.4, 0.5) is 0 Å². The zero-order chi connectivity index (χ0) is 16.6. The van der Waals surface area contributed by atoms with Gasteiger partial charge in [0.25, 0.3) is 0 Å². The first-order valence-corrected chi connectivity index (χ1v) is 7.77. The molecule has 0 aliphatic heterocycles. The summed E-state index contributed by atoms with van der Waals surface area (Å²) >= 11 is 3.32. The number of hydrogen-bond donors (Lipinski definition) is 0. The minimum atomic E-state index is -0.471. The maximum atomic E-state index is 12.3. The van der Waals surface area contributed by atoms with Gasteiger partial charge in [-0.05, 0) is 60.1 Å². The lowest BCUT2D eigenvalue weighted by atomic mass is 10.1. The van der Waals surface area contributed by atoms with Gasteiger partial charge in [-0.2, -0.15) is 0 Å². The molecule has 0 radical (unpaired) electrons. The molecule has 0 saturated carbocycles. The van der Waals surface area contributed by atoms with Crippen molar-refractivity contribution < 1.29 is 18.7 Å². The highest BCUT2D eigenvalue weighted by atomic mass is 79.9. The molecular formula is C18H13BrO4. The fraction of sp³-hybridized carbons (Fsp3) is 0.111. The molecule has 0 unspecified atom stereocenters. The summed E-state index contributed by atoms with van der Waals surface area (Å²) in [7, 11) is 0. The van der Waals surface area contributed by atoms with Crippen LogP contribution in [0, 0.1) is 6.92 Å². The van der Waals surface area contributed by atoms with Crippen LogP contribution in [-0.2, 0) is 0 Å². The fourth-order valence-electron chi connectivity index (χ4n) is 2.49. The molecule has 1 aromatic heterocycles. The van der Waals surface area contributed by atoms with E-state index in [1.165, 1.54) is 6.92 Å². The Morgan fingerprint density at radius 2 is 1.87 bits per heavy atom. The molecule has 0 N–H and O–H groups in total. The van der Waals surface area contributed by atoms with Gasteiger partial charge in [0.1, 0.15) is 17.1 Å². The molecule has 3 rings (SSSR count). The topological polar surface area (TPSA) is 56.5 Å². The quantitative estimate of drug-likeness (QED) is 0.371. The van der Waals surface area contributed by atoms with Gasteiger partial charge in [-0.25, -0.2) is 4.79 Å². The Morgan fingerprint density at radius 3 is 2.57 bits per heavy atom. The van der Waals surface area contributed by atoms with E-state index in [9.17, 15) is 9.59 Å². The summed E-state index contributed by atoms with van der Waals surface area (Å²) in [6.45, 7) is 3.22. The molecule has 5 heteroatoms. The van der Waals surface area contributed by atoms with Gasteiger partial charge in [-0.3, -0.25) is 4.79 Å². The van der Waals surface area contributed by atoms with Gasteiger partial charge in [-0.15, -0.1) is 0 Å². The van der Waals surface area contributed by atoms with E-state index >= 15 is 0 Å². The van der Waals surface area contributed by atoms with Crippen molar-refractivity contribution in [3.05, 3.63) is 63.8 Å². The largest absolute Gasteiger partial charge is 0.461 e. The van der Waals surface area contributed by atoms with Crippen LogP contribution >= 0.6 is 15.9 Å². The number of aryl methyl sites for hydroxylation is 1. The second kappa shape index (κ2) is 6.01. The van der Waals surface area contributed by atoms with Crippen molar-refractivity contribution in [3.8, 4) is 5.75 Å². The standard InChI is InChI=1S/C18H13BrO4/c1-10(20)17-11(2)22-16-8-7-12(9-14(16)17)23-18(21)13-5-3-4-6-15(13)19/h3-9H,1-2H3. The number of carbonyl (C=O) groups excluding carboxylic acids is 2. The number of ether oxygens (including phenoxy) is 1. The van der Waals surface area contributed by atoms with Crippen LogP contribution in [0.15, 0.2) is 51.4 Å². The number of carbonyl (C=O) groups is 2. The summed E-state index contributed by atoms with van der Waals surface area (Å²) in [6.07, 6.45) is 0. The van der Waals surface area contributed by atoms with Crippen LogP contribution < -0.4 is 4.74 Å². The molecule has 2 aromatic carbocycles. The van der Waals surface area contributed by atoms with Crippen molar-refractivity contribution >= 4 is 38.7 Å². The maximum Gasteiger partial charge on any atom is 0.344 e. The Morgan fingerprint density at radius 1 is 1.13 bits per heavy atom. The van der Waals surface area contributed by atoms with Crippen LogP contribution in [0.2, 0.25) is 0 Å². The molecule has 0 atom stereocenters. The third-order valence-corrected chi connectivity index (χ3v) is 4.18. The molecule has 0 fully saturated rings. The van der Waals surface area contributed by atoms with Gasteiger partial charge in [-0.1, -0.05) is 12.1 Å². The number of Topliss-reactive ketones (excluding diaryl/α,β-unsaturated/α-hetero) is 1. The van der Waals surface area contributed by atoms with Crippen molar-refractivity contribution in [1.82, 2.24) is 0 Å².